The van der Waals surface area contributed by atoms with Gasteiger partial charge in [0.2, 0.25) is 5.67 Å². The number of hydrogen-bond acceptors (Lipinski definition) is 6. The van der Waals surface area contributed by atoms with Crippen LogP contribution in [0.5, 0.6) is 5.75 Å². The summed E-state index contributed by atoms with van der Waals surface area (Å²) < 4.78 is 62.2. The van der Waals surface area contributed by atoms with Crippen LogP contribution >= 0.6 is 0 Å². The Morgan fingerprint density at radius 2 is 1.83 bits per heavy atom. The van der Waals surface area contributed by atoms with Crippen molar-refractivity contribution < 1.29 is 31.5 Å². The topological polar surface area (TPSA) is 102 Å². The maximum Gasteiger partial charge on any atom is 0.259 e. The van der Waals surface area contributed by atoms with Gasteiger partial charge in [-0.15, -0.1) is 0 Å². The molecular weight excluding hydrogens is 610 g/mol. The summed E-state index contributed by atoms with van der Waals surface area (Å²) in [6.45, 7) is 5.00. The maximum atomic E-state index is 15.6. The third-order valence-electron chi connectivity index (χ3n) is 11.1. The quantitative estimate of drug-likeness (QED) is 0.304. The van der Waals surface area contributed by atoms with Gasteiger partial charge in [0.15, 0.2) is 15.6 Å². The van der Waals surface area contributed by atoms with Crippen LogP contribution in [0, 0.1) is 5.82 Å². The molecule has 4 aliphatic rings. The number of ketones is 1. The number of carbonyl (C=O) groups excluding carboxylic acids is 2. The average molecular weight is 657 g/mol. The Labute approximate surface area is 271 Å². The smallest absolute Gasteiger partial charge is 0.259 e. The van der Waals surface area contributed by atoms with Gasteiger partial charge in [-0.05, 0) is 99.6 Å². The highest BCUT2D eigenvalue weighted by Gasteiger charge is 2.55. The Bertz CT molecular complexity index is 1620. The van der Waals surface area contributed by atoms with Gasteiger partial charge < -0.3 is 15.4 Å². The Hall–Kier alpha value is -2.85. The van der Waals surface area contributed by atoms with Gasteiger partial charge in [-0.25, -0.2) is 17.2 Å². The summed E-state index contributed by atoms with van der Waals surface area (Å²) in [6.07, 6.45) is 7.46. The third-order valence-corrected chi connectivity index (χ3v) is 12.7. The van der Waals surface area contributed by atoms with Crippen LogP contribution in [0.1, 0.15) is 102 Å². The van der Waals surface area contributed by atoms with E-state index in [2.05, 4.69) is 10.6 Å². The van der Waals surface area contributed by atoms with Gasteiger partial charge in [-0.2, -0.15) is 0 Å². The van der Waals surface area contributed by atoms with Crippen molar-refractivity contribution in [2.24, 2.45) is 0 Å². The number of ether oxygens (including phenoxy) is 1. The fourth-order valence-corrected chi connectivity index (χ4v) is 8.50. The number of alkyl halides is 1. The minimum atomic E-state index is -3.52. The maximum absolute atomic E-state index is 15.6. The molecule has 4 fully saturated rings. The first-order valence-electron chi connectivity index (χ1n) is 16.8. The minimum absolute atomic E-state index is 0.0430. The first kappa shape index (κ1) is 33.1. The molecule has 250 valence electrons. The van der Waals surface area contributed by atoms with Gasteiger partial charge in [0, 0.05) is 47.7 Å². The van der Waals surface area contributed by atoms with Crippen LogP contribution in [-0.4, -0.2) is 61.5 Å². The third kappa shape index (κ3) is 6.36. The van der Waals surface area contributed by atoms with E-state index in [1.807, 2.05) is 12.1 Å². The van der Waals surface area contributed by atoms with Gasteiger partial charge in [0.25, 0.3) is 5.91 Å². The Balaban J connectivity index is 1.25. The van der Waals surface area contributed by atoms with Gasteiger partial charge >= 0.3 is 0 Å². The van der Waals surface area contributed by atoms with Crippen LogP contribution in [0.4, 0.5) is 8.78 Å². The molecule has 3 saturated carbocycles. The zero-order valence-electron chi connectivity index (χ0n) is 27.1. The van der Waals surface area contributed by atoms with Crippen LogP contribution in [0.3, 0.4) is 0 Å². The van der Waals surface area contributed by atoms with Crippen molar-refractivity contribution in [3.63, 3.8) is 0 Å². The normalized spacial score (nSPS) is 26.0. The van der Waals surface area contributed by atoms with Crippen molar-refractivity contribution in [2.75, 3.05) is 18.1 Å². The van der Waals surface area contributed by atoms with Crippen LogP contribution in [0.2, 0.25) is 0 Å². The van der Waals surface area contributed by atoms with Crippen molar-refractivity contribution in [2.45, 2.75) is 120 Å². The predicted octanol–water partition coefficient (Wildman–Crippen LogP) is 6.08. The zero-order chi connectivity index (χ0) is 32.9. The summed E-state index contributed by atoms with van der Waals surface area (Å²) in [7, 11) is -3.52. The number of sulfone groups is 1. The van der Waals surface area contributed by atoms with Gasteiger partial charge in [-0.1, -0.05) is 31.5 Å². The molecule has 0 bridgehead atoms. The van der Waals surface area contributed by atoms with E-state index in [1.165, 1.54) is 13.0 Å². The van der Waals surface area contributed by atoms with Crippen molar-refractivity contribution in [1.29, 1.82) is 0 Å². The second kappa shape index (κ2) is 12.3. The van der Waals surface area contributed by atoms with Gasteiger partial charge in [-0.3, -0.25) is 9.59 Å². The molecule has 7 nitrogen and oxygen atoms in total. The highest BCUT2D eigenvalue weighted by atomic mass is 32.2. The molecule has 1 amide bonds. The number of Topliss-reactive ketones (excluding diaryl/α,β-unsaturated/α-hetero) is 1. The van der Waals surface area contributed by atoms with Crippen molar-refractivity contribution in [3.8, 4) is 16.9 Å². The molecular formula is C36H46F2N2O5S. The molecule has 0 aromatic heterocycles. The molecule has 1 spiro atoms. The monoisotopic (exact) mass is 656 g/mol. The number of amides is 1. The number of halogens is 2. The molecule has 46 heavy (non-hydrogen) atoms. The van der Waals surface area contributed by atoms with E-state index in [0.717, 1.165) is 38.5 Å². The highest BCUT2D eigenvalue weighted by molar-refractivity contribution is 7.92. The minimum Gasteiger partial charge on any atom is -0.490 e. The summed E-state index contributed by atoms with van der Waals surface area (Å²) in [5, 5.41) is 6.20. The van der Waals surface area contributed by atoms with Gasteiger partial charge in [0.05, 0.1) is 0 Å². The van der Waals surface area contributed by atoms with Crippen molar-refractivity contribution in [3.05, 3.63) is 53.3 Å². The lowest BCUT2D eigenvalue weighted by Gasteiger charge is -2.38. The molecule has 1 saturated heterocycles. The lowest BCUT2D eigenvalue weighted by atomic mass is 9.74. The molecule has 2 N–H and O–H groups in total. The fourth-order valence-electron chi connectivity index (χ4n) is 7.54. The van der Waals surface area contributed by atoms with E-state index in [-0.39, 0.29) is 48.1 Å². The molecule has 0 unspecified atom stereocenters. The van der Waals surface area contributed by atoms with Crippen LogP contribution in [0.15, 0.2) is 36.4 Å². The largest absolute Gasteiger partial charge is 0.490 e. The molecule has 3 aliphatic carbocycles. The van der Waals surface area contributed by atoms with E-state index in [1.54, 1.807) is 32.0 Å². The Morgan fingerprint density at radius 3 is 2.46 bits per heavy atom. The van der Waals surface area contributed by atoms with E-state index in [0.29, 0.717) is 47.3 Å². The fraction of sp³-hybridized carbons (Fsp3) is 0.611. The molecule has 6 rings (SSSR count). The van der Waals surface area contributed by atoms with Gasteiger partial charge in [0.1, 0.15) is 23.4 Å². The number of hydrogen-bond donors (Lipinski definition) is 2. The highest BCUT2D eigenvalue weighted by Crippen LogP contribution is 2.47. The zero-order valence-corrected chi connectivity index (χ0v) is 27.9. The molecule has 1 heterocycles. The number of benzene rings is 2. The number of nitrogens with one attached hydrogen (secondary N) is 2. The van der Waals surface area contributed by atoms with E-state index in [4.69, 9.17) is 4.74 Å². The van der Waals surface area contributed by atoms with Crippen molar-refractivity contribution in [1.82, 2.24) is 10.6 Å². The summed E-state index contributed by atoms with van der Waals surface area (Å²) in [4.78, 5) is 26.3. The standard InChI is InChI=1S/C36H46F2N2O5S/c1-4-46(43,44)20-31(41)34(2,3)24-12-15-30(28(18-24)27-10-6-11-29(37)32(27)23-8-5-9-23)45-26-14-13-25(19-26)40-33(42)36(38)21-35(39-22-36)16-7-17-35/h6,10-12,15,18,23,25-26,39H,4-5,7-9,13-14,16-17,19-22H2,1-3H3,(H,40,42)/t25-,26-,36+/m1/s1. The first-order chi connectivity index (χ1) is 21.7. The molecule has 10 heteroatoms. The van der Waals surface area contributed by atoms with E-state index >= 15 is 8.78 Å². The van der Waals surface area contributed by atoms with Crippen LogP contribution < -0.4 is 15.4 Å². The summed E-state index contributed by atoms with van der Waals surface area (Å²) in [6, 6.07) is 10.2. The van der Waals surface area contributed by atoms with E-state index < -0.39 is 38.4 Å². The SMILES string of the molecule is CCS(=O)(=O)CC(=O)C(C)(C)c1ccc(O[C@@H]2CC[C@@H](NC(=O)[C@@]3(F)CNC4(CCC4)C3)C2)c(-c2cccc(F)c2C2CCC2)c1. The summed E-state index contributed by atoms with van der Waals surface area (Å²) >= 11 is 0. The lowest BCUT2D eigenvalue weighted by Crippen LogP contribution is -2.49. The lowest BCUT2D eigenvalue weighted by molar-refractivity contribution is -0.133. The second-order valence-electron chi connectivity index (χ2n) is 14.6. The molecule has 1 aliphatic heterocycles. The summed E-state index contributed by atoms with van der Waals surface area (Å²) in [5.74, 6) is -1.30. The van der Waals surface area contributed by atoms with Crippen LogP contribution in [-0.2, 0) is 24.8 Å². The summed E-state index contributed by atoms with van der Waals surface area (Å²) in [5.41, 5.74) is -0.644. The average Bonchev–Trinajstić information content (AvgIpc) is 3.58. The predicted molar refractivity (Wildman–Crippen MR) is 174 cm³/mol. The second-order valence-corrected chi connectivity index (χ2v) is 17.0. The molecule has 2 aromatic rings. The van der Waals surface area contributed by atoms with Crippen LogP contribution in [0.25, 0.3) is 11.1 Å². The number of rotatable bonds is 11. The molecule has 3 atom stereocenters. The Kier molecular flexibility index (Phi) is 8.85. The van der Waals surface area contributed by atoms with Crippen molar-refractivity contribution >= 4 is 21.5 Å². The number of carbonyl (C=O) groups is 2. The molecule has 2 aromatic carbocycles. The Morgan fingerprint density at radius 1 is 1.07 bits per heavy atom. The van der Waals surface area contributed by atoms with E-state index in [9.17, 15) is 18.0 Å². The molecule has 0 radical (unpaired) electrons. The first-order valence-corrected chi connectivity index (χ1v) is 18.6.